The van der Waals surface area contributed by atoms with E-state index in [1.807, 2.05) is 52.3 Å². The van der Waals surface area contributed by atoms with Crippen molar-refractivity contribution in [3.8, 4) is 17.2 Å². The minimum atomic E-state index is 0.0584. The first-order valence-corrected chi connectivity index (χ1v) is 16.2. The lowest BCUT2D eigenvalue weighted by Gasteiger charge is -2.32. The maximum atomic E-state index is 13.9. The van der Waals surface area contributed by atoms with Crippen molar-refractivity contribution in [1.82, 2.24) is 9.80 Å². The minimum Gasteiger partial charge on any atom is -0.493 e. The Hall–Kier alpha value is -3.75. The van der Waals surface area contributed by atoms with E-state index >= 15 is 0 Å². The second kappa shape index (κ2) is 15.5. The number of amides is 2. The van der Waals surface area contributed by atoms with Crippen LogP contribution in [0.3, 0.4) is 0 Å². The number of rotatable bonds is 9. The molecule has 0 bridgehead atoms. The summed E-state index contributed by atoms with van der Waals surface area (Å²) in [6, 6.07) is 19.8. The fourth-order valence-corrected chi connectivity index (χ4v) is 6.25. The van der Waals surface area contributed by atoms with E-state index in [0.29, 0.717) is 49.7 Å². The Morgan fingerprint density at radius 3 is 2.22 bits per heavy atom. The number of methoxy groups -OCH3 is 3. The first-order chi connectivity index (χ1) is 21.9. The van der Waals surface area contributed by atoms with E-state index < -0.39 is 0 Å². The summed E-state index contributed by atoms with van der Waals surface area (Å²) in [5.41, 5.74) is 3.99. The molecule has 0 radical (unpaired) electrons. The largest absolute Gasteiger partial charge is 0.493 e. The van der Waals surface area contributed by atoms with Gasteiger partial charge in [0, 0.05) is 62.3 Å². The van der Waals surface area contributed by atoms with Crippen LogP contribution in [0.4, 0.5) is 5.69 Å². The molecule has 0 unspecified atom stereocenters. The number of ether oxygens (including phenoxy) is 3. The number of para-hydroxylation sites is 1. The molecule has 0 atom stereocenters. The molecule has 9 heteroatoms. The minimum absolute atomic E-state index is 0.0584. The van der Waals surface area contributed by atoms with E-state index in [0.717, 1.165) is 67.2 Å². The molecule has 1 aliphatic heterocycles. The van der Waals surface area contributed by atoms with Crippen molar-refractivity contribution in [1.29, 1.82) is 0 Å². The van der Waals surface area contributed by atoms with Crippen molar-refractivity contribution >= 4 is 29.1 Å². The second-order valence-corrected chi connectivity index (χ2v) is 12.2. The molecule has 1 heterocycles. The fraction of sp³-hybridized carbons (Fsp3) is 0.444. The number of carbonyl (C=O) groups excluding carboxylic acids is 2. The molecule has 0 aromatic heterocycles. The van der Waals surface area contributed by atoms with Gasteiger partial charge in [0.2, 0.25) is 17.6 Å². The third-order valence-electron chi connectivity index (χ3n) is 8.66. The highest BCUT2D eigenvalue weighted by Gasteiger charge is 2.35. The third kappa shape index (κ3) is 8.30. The maximum absolute atomic E-state index is 13.9. The first kappa shape index (κ1) is 32.6. The Morgan fingerprint density at radius 1 is 0.822 bits per heavy atom. The highest BCUT2D eigenvalue weighted by atomic mass is 35.5. The molecule has 3 aromatic carbocycles. The van der Waals surface area contributed by atoms with Gasteiger partial charge in [-0.15, -0.1) is 0 Å². The predicted octanol–water partition coefficient (Wildman–Crippen LogP) is 6.37. The summed E-state index contributed by atoms with van der Waals surface area (Å²) < 4.78 is 16.7. The van der Waals surface area contributed by atoms with Crippen LogP contribution in [-0.4, -0.2) is 69.1 Å². The van der Waals surface area contributed by atoms with E-state index in [1.165, 1.54) is 5.56 Å². The smallest absolute Gasteiger partial charge is 0.230 e. The van der Waals surface area contributed by atoms with Crippen molar-refractivity contribution < 1.29 is 23.8 Å². The summed E-state index contributed by atoms with van der Waals surface area (Å²) in [4.78, 5) is 33.9. The highest BCUT2D eigenvalue weighted by Crippen LogP contribution is 2.40. The Morgan fingerprint density at radius 2 is 1.53 bits per heavy atom. The van der Waals surface area contributed by atoms with Crippen LogP contribution in [0.5, 0.6) is 17.2 Å². The zero-order chi connectivity index (χ0) is 31.8. The summed E-state index contributed by atoms with van der Waals surface area (Å²) in [7, 11) is 4.77. The van der Waals surface area contributed by atoms with E-state index in [1.54, 1.807) is 21.3 Å². The van der Waals surface area contributed by atoms with Gasteiger partial charge in [0.15, 0.2) is 11.5 Å². The lowest BCUT2D eigenvalue weighted by Crippen LogP contribution is -2.39. The van der Waals surface area contributed by atoms with Gasteiger partial charge >= 0.3 is 0 Å². The van der Waals surface area contributed by atoms with Crippen LogP contribution in [-0.2, 0) is 29.1 Å². The number of benzene rings is 3. The summed E-state index contributed by atoms with van der Waals surface area (Å²) in [6.07, 6.45) is 4.42. The van der Waals surface area contributed by atoms with E-state index in [9.17, 15) is 9.59 Å². The van der Waals surface area contributed by atoms with Crippen LogP contribution >= 0.6 is 11.6 Å². The van der Waals surface area contributed by atoms with Crippen LogP contribution in [0.2, 0.25) is 5.02 Å². The number of hydrogen-bond donors (Lipinski definition) is 0. The van der Waals surface area contributed by atoms with Crippen molar-refractivity contribution in [2.75, 3.05) is 52.4 Å². The van der Waals surface area contributed by atoms with Crippen molar-refractivity contribution in [2.45, 2.75) is 51.6 Å². The number of nitrogens with zero attached hydrogens (tertiary/aromatic N) is 3. The molecule has 0 saturated heterocycles. The van der Waals surface area contributed by atoms with Crippen LogP contribution in [0.25, 0.3) is 0 Å². The molecule has 0 spiro atoms. The van der Waals surface area contributed by atoms with Crippen molar-refractivity contribution in [2.24, 2.45) is 5.92 Å². The monoisotopic (exact) mass is 633 g/mol. The number of aryl methyl sites for hydroxylation is 1. The summed E-state index contributed by atoms with van der Waals surface area (Å²) in [5.74, 6) is 2.04. The number of halogens is 1. The van der Waals surface area contributed by atoms with Gasteiger partial charge in [-0.1, -0.05) is 48.0 Å². The predicted molar refractivity (Wildman–Crippen MR) is 177 cm³/mol. The average molecular weight is 634 g/mol. The molecule has 2 amide bonds. The molecule has 1 fully saturated rings. The quantitative estimate of drug-likeness (QED) is 0.273. The normalized spacial score (nSPS) is 16.3. The molecule has 45 heavy (non-hydrogen) atoms. The molecule has 5 rings (SSSR count). The second-order valence-electron chi connectivity index (χ2n) is 11.8. The van der Waals surface area contributed by atoms with E-state index in [2.05, 4.69) is 23.1 Å². The van der Waals surface area contributed by atoms with Gasteiger partial charge in [0.25, 0.3) is 0 Å². The average Bonchev–Trinajstić information content (AvgIpc) is 3.91. The molecule has 8 nitrogen and oxygen atoms in total. The molecule has 1 aliphatic carbocycles. The van der Waals surface area contributed by atoms with Gasteiger partial charge < -0.3 is 24.0 Å². The third-order valence-corrected chi connectivity index (χ3v) is 8.91. The number of hydrogen-bond acceptors (Lipinski definition) is 6. The van der Waals surface area contributed by atoms with E-state index in [-0.39, 0.29) is 17.7 Å². The molecule has 3 aromatic rings. The zero-order valence-electron chi connectivity index (χ0n) is 26.6. The van der Waals surface area contributed by atoms with Gasteiger partial charge in [-0.25, -0.2) is 0 Å². The zero-order valence-corrected chi connectivity index (χ0v) is 27.4. The van der Waals surface area contributed by atoms with Gasteiger partial charge in [0.1, 0.15) is 0 Å². The molecule has 240 valence electrons. The Kier molecular flexibility index (Phi) is 11.2. The molecular formula is C36H44ClN3O5. The fourth-order valence-electron chi connectivity index (χ4n) is 6.12. The standard InChI is InChI=1S/C36H44ClN3O5/c1-43-32-18-14-27(34(44-2)35(32)45-3)15-19-33(41)39-22-6-20-38(24-26-10-16-30(37)17-11-26)21-7-23-40(36(42)28-12-13-28)31-9-5-4-8-29(31)25-39/h4-5,8-11,14,16-18,28H,6-7,12-13,15,19-25H2,1-3H3. The van der Waals surface area contributed by atoms with Crippen LogP contribution < -0.4 is 19.1 Å². The molecule has 2 aliphatic rings. The number of carbonyl (C=O) groups is 2. The Balaban J connectivity index is 1.39. The lowest BCUT2D eigenvalue weighted by molar-refractivity contribution is -0.131. The van der Waals surface area contributed by atoms with Gasteiger partial charge in [-0.05, 0) is 73.1 Å². The van der Waals surface area contributed by atoms with Crippen LogP contribution in [0, 0.1) is 5.92 Å². The molecule has 1 saturated carbocycles. The SMILES string of the molecule is COc1ccc(CCC(=O)N2CCCN(Cc3ccc(Cl)cc3)CCCN(C(=O)C3CC3)c3ccccc3C2)c(OC)c1OC. The van der Waals surface area contributed by atoms with Gasteiger partial charge in [-0.2, -0.15) is 0 Å². The highest BCUT2D eigenvalue weighted by molar-refractivity contribution is 6.30. The lowest BCUT2D eigenvalue weighted by atomic mass is 10.1. The van der Waals surface area contributed by atoms with Crippen LogP contribution in [0.15, 0.2) is 60.7 Å². The summed E-state index contributed by atoms with van der Waals surface area (Å²) in [5, 5.41) is 0.722. The molecular weight excluding hydrogens is 590 g/mol. The topological polar surface area (TPSA) is 71.6 Å². The number of anilines is 1. The van der Waals surface area contributed by atoms with Crippen LogP contribution in [0.1, 0.15) is 48.8 Å². The van der Waals surface area contributed by atoms with Crippen molar-refractivity contribution in [3.63, 3.8) is 0 Å². The Bertz CT molecular complexity index is 1460. The summed E-state index contributed by atoms with van der Waals surface area (Å²) >= 11 is 6.14. The first-order valence-electron chi connectivity index (χ1n) is 15.8. The van der Waals surface area contributed by atoms with Gasteiger partial charge in [0.05, 0.1) is 21.3 Å². The number of fused-ring (bicyclic) bond motifs is 1. The molecule has 0 N–H and O–H groups in total. The maximum Gasteiger partial charge on any atom is 0.230 e. The summed E-state index contributed by atoms with van der Waals surface area (Å²) in [6.45, 7) is 4.20. The van der Waals surface area contributed by atoms with Gasteiger partial charge in [-0.3, -0.25) is 14.5 Å². The van der Waals surface area contributed by atoms with Crippen molar-refractivity contribution in [3.05, 3.63) is 82.4 Å². The Labute approximate surface area is 271 Å². The van der Waals surface area contributed by atoms with E-state index in [4.69, 9.17) is 25.8 Å².